The van der Waals surface area contributed by atoms with Crippen LogP contribution in [0.1, 0.15) is 39.8 Å². The Bertz CT molecular complexity index is 1230. The third-order valence-corrected chi connectivity index (χ3v) is 7.59. The van der Waals surface area contributed by atoms with E-state index < -0.39 is 11.4 Å². The minimum atomic E-state index is -0.752. The van der Waals surface area contributed by atoms with E-state index in [2.05, 4.69) is 5.32 Å². The van der Waals surface area contributed by atoms with E-state index in [-0.39, 0.29) is 29.2 Å². The number of rotatable bonds is 8. The van der Waals surface area contributed by atoms with Crippen LogP contribution in [0.3, 0.4) is 0 Å². The molecule has 1 saturated heterocycles. The molecule has 1 heterocycles. The molecule has 1 fully saturated rings. The van der Waals surface area contributed by atoms with Crippen LogP contribution >= 0.6 is 11.8 Å². The number of hydrogen-bond donors (Lipinski definition) is 1. The number of methoxy groups -OCH3 is 3. The zero-order valence-electron chi connectivity index (χ0n) is 21.1. The van der Waals surface area contributed by atoms with E-state index in [1.807, 2.05) is 37.3 Å². The summed E-state index contributed by atoms with van der Waals surface area (Å²) in [6, 6.07) is 17.7. The molecule has 3 unspecified atom stereocenters. The van der Waals surface area contributed by atoms with Crippen LogP contribution in [0.15, 0.2) is 66.7 Å². The van der Waals surface area contributed by atoms with Gasteiger partial charge < -0.3 is 24.4 Å². The number of benzene rings is 3. The molecule has 2 amide bonds. The molecular weight excluding hydrogens is 495 g/mol. The molecule has 0 radical (unpaired) electrons. The summed E-state index contributed by atoms with van der Waals surface area (Å²) in [6.07, 6.45) is 0. The normalized spacial score (nSPS) is 17.7. The van der Waals surface area contributed by atoms with E-state index in [1.54, 1.807) is 29.2 Å². The van der Waals surface area contributed by atoms with E-state index in [0.29, 0.717) is 23.0 Å². The van der Waals surface area contributed by atoms with E-state index >= 15 is 0 Å². The monoisotopic (exact) mass is 524 g/mol. The van der Waals surface area contributed by atoms with Crippen LogP contribution < -0.4 is 19.5 Å². The summed E-state index contributed by atoms with van der Waals surface area (Å²) >= 11 is 1.45. The van der Waals surface area contributed by atoms with Gasteiger partial charge >= 0.3 is 0 Å². The van der Waals surface area contributed by atoms with Gasteiger partial charge in [0.2, 0.25) is 11.7 Å². The van der Waals surface area contributed by atoms with Gasteiger partial charge in [-0.3, -0.25) is 9.59 Å². The number of ether oxygens (including phenoxy) is 3. The third kappa shape index (κ3) is 5.51. The van der Waals surface area contributed by atoms with Gasteiger partial charge in [0.1, 0.15) is 17.2 Å². The Labute approximate surface area is 219 Å². The van der Waals surface area contributed by atoms with Crippen LogP contribution in [-0.2, 0) is 4.79 Å². The standard InChI is InChI=1S/C28H29FN2O5S/c1-17(18-8-6-5-7-9-18)30-26(32)22-16-37-28(19-10-12-21(29)13-11-19)31(22)27(33)20-14-23(34-2)25(36-4)24(15-20)35-3/h5-15,17,22,28H,16H2,1-4H3,(H,30,32). The summed E-state index contributed by atoms with van der Waals surface area (Å²) < 4.78 is 29.9. The Morgan fingerprint density at radius 1 is 0.973 bits per heavy atom. The van der Waals surface area contributed by atoms with Crippen molar-refractivity contribution >= 4 is 23.6 Å². The second-order valence-electron chi connectivity index (χ2n) is 8.52. The highest BCUT2D eigenvalue weighted by molar-refractivity contribution is 7.99. The van der Waals surface area contributed by atoms with Crippen LogP contribution in [0.2, 0.25) is 0 Å². The number of halogens is 1. The summed E-state index contributed by atoms with van der Waals surface area (Å²) in [7, 11) is 4.43. The average molecular weight is 525 g/mol. The van der Waals surface area contributed by atoms with Crippen molar-refractivity contribution in [3.8, 4) is 17.2 Å². The molecule has 3 atom stereocenters. The van der Waals surface area contributed by atoms with Gasteiger partial charge in [0, 0.05) is 11.3 Å². The Kier molecular flexibility index (Phi) is 8.23. The molecule has 37 heavy (non-hydrogen) atoms. The van der Waals surface area contributed by atoms with Gasteiger partial charge in [-0.25, -0.2) is 4.39 Å². The molecule has 0 aromatic heterocycles. The van der Waals surface area contributed by atoms with Gasteiger partial charge in [-0.15, -0.1) is 11.8 Å². The summed E-state index contributed by atoms with van der Waals surface area (Å²) in [5.41, 5.74) is 1.95. The van der Waals surface area contributed by atoms with Crippen molar-refractivity contribution in [2.24, 2.45) is 0 Å². The maximum atomic E-state index is 14.0. The summed E-state index contributed by atoms with van der Waals surface area (Å²) in [4.78, 5) is 29.1. The zero-order valence-corrected chi connectivity index (χ0v) is 21.9. The highest BCUT2D eigenvalue weighted by Crippen LogP contribution is 2.44. The highest BCUT2D eigenvalue weighted by Gasteiger charge is 2.43. The molecule has 1 aliphatic rings. The number of amides is 2. The van der Waals surface area contributed by atoms with Crippen molar-refractivity contribution < 1.29 is 28.2 Å². The van der Waals surface area contributed by atoms with Crippen molar-refractivity contribution in [3.05, 3.63) is 89.2 Å². The minimum Gasteiger partial charge on any atom is -0.493 e. The summed E-state index contributed by atoms with van der Waals surface area (Å²) in [6.45, 7) is 1.90. The molecule has 0 spiro atoms. The summed E-state index contributed by atoms with van der Waals surface area (Å²) in [5.74, 6) is 0.369. The molecular formula is C28H29FN2O5S. The quantitative estimate of drug-likeness (QED) is 0.448. The van der Waals surface area contributed by atoms with E-state index in [1.165, 1.54) is 45.2 Å². The third-order valence-electron chi connectivity index (χ3n) is 6.26. The largest absolute Gasteiger partial charge is 0.493 e. The fraction of sp³-hybridized carbons (Fsp3) is 0.286. The van der Waals surface area contributed by atoms with Crippen molar-refractivity contribution in [2.75, 3.05) is 27.1 Å². The predicted octanol–water partition coefficient (Wildman–Crippen LogP) is 4.99. The lowest BCUT2D eigenvalue weighted by Gasteiger charge is -2.30. The smallest absolute Gasteiger partial charge is 0.256 e. The number of thioether (sulfide) groups is 1. The molecule has 9 heteroatoms. The van der Waals surface area contributed by atoms with Gasteiger partial charge in [-0.2, -0.15) is 0 Å². The van der Waals surface area contributed by atoms with Gasteiger partial charge in [0.15, 0.2) is 11.5 Å². The Morgan fingerprint density at radius 3 is 2.16 bits per heavy atom. The van der Waals surface area contributed by atoms with Crippen molar-refractivity contribution in [2.45, 2.75) is 24.4 Å². The zero-order chi connectivity index (χ0) is 26.5. The molecule has 3 aromatic rings. The molecule has 4 rings (SSSR count). The summed E-state index contributed by atoms with van der Waals surface area (Å²) in [5, 5.41) is 2.55. The topological polar surface area (TPSA) is 77.1 Å². The Morgan fingerprint density at radius 2 is 1.59 bits per heavy atom. The van der Waals surface area contributed by atoms with Crippen molar-refractivity contribution in [1.29, 1.82) is 0 Å². The minimum absolute atomic E-state index is 0.248. The molecule has 0 aliphatic carbocycles. The first-order valence-corrected chi connectivity index (χ1v) is 12.8. The lowest BCUT2D eigenvalue weighted by molar-refractivity contribution is -0.125. The highest BCUT2D eigenvalue weighted by atomic mass is 32.2. The number of nitrogens with one attached hydrogen (secondary N) is 1. The van der Waals surface area contributed by atoms with E-state index in [4.69, 9.17) is 14.2 Å². The van der Waals surface area contributed by atoms with Crippen LogP contribution in [0.25, 0.3) is 0 Å². The molecule has 1 aliphatic heterocycles. The first-order valence-electron chi connectivity index (χ1n) is 11.7. The number of carbonyl (C=O) groups is 2. The van der Waals surface area contributed by atoms with E-state index in [9.17, 15) is 14.0 Å². The molecule has 0 saturated carbocycles. The van der Waals surface area contributed by atoms with E-state index in [0.717, 1.165) is 11.1 Å². The SMILES string of the molecule is COc1cc(C(=O)N2C(C(=O)NC(C)c3ccccc3)CSC2c2ccc(F)cc2)cc(OC)c1OC. The molecule has 0 bridgehead atoms. The second kappa shape index (κ2) is 11.6. The second-order valence-corrected chi connectivity index (χ2v) is 9.63. The maximum absolute atomic E-state index is 14.0. The fourth-order valence-electron chi connectivity index (χ4n) is 4.33. The molecule has 3 aromatic carbocycles. The lowest BCUT2D eigenvalue weighted by Crippen LogP contribution is -2.48. The van der Waals surface area contributed by atoms with Crippen molar-refractivity contribution in [1.82, 2.24) is 10.2 Å². The Hall–Kier alpha value is -3.72. The van der Waals surface area contributed by atoms with Gasteiger partial charge in [-0.1, -0.05) is 42.5 Å². The fourth-order valence-corrected chi connectivity index (χ4v) is 5.76. The number of carbonyl (C=O) groups excluding carboxylic acids is 2. The number of hydrogen-bond acceptors (Lipinski definition) is 6. The van der Waals surface area contributed by atoms with Crippen LogP contribution in [-0.4, -0.2) is 49.8 Å². The maximum Gasteiger partial charge on any atom is 0.256 e. The van der Waals surface area contributed by atoms with Crippen LogP contribution in [0.4, 0.5) is 4.39 Å². The number of nitrogens with zero attached hydrogens (tertiary/aromatic N) is 1. The molecule has 7 nitrogen and oxygen atoms in total. The van der Waals surface area contributed by atoms with Gasteiger partial charge in [0.25, 0.3) is 5.91 Å². The van der Waals surface area contributed by atoms with Gasteiger partial charge in [0.05, 0.1) is 27.4 Å². The van der Waals surface area contributed by atoms with Crippen LogP contribution in [0.5, 0.6) is 17.2 Å². The van der Waals surface area contributed by atoms with Gasteiger partial charge in [-0.05, 0) is 42.3 Å². The average Bonchev–Trinajstić information content (AvgIpc) is 3.38. The molecule has 194 valence electrons. The first-order chi connectivity index (χ1) is 17.9. The lowest BCUT2D eigenvalue weighted by atomic mass is 10.1. The first kappa shape index (κ1) is 26.3. The Balaban J connectivity index is 1.70. The van der Waals surface area contributed by atoms with Crippen LogP contribution in [0, 0.1) is 5.82 Å². The van der Waals surface area contributed by atoms with Crippen molar-refractivity contribution in [3.63, 3.8) is 0 Å². The predicted molar refractivity (Wildman–Crippen MR) is 141 cm³/mol. The molecule has 1 N–H and O–H groups in total.